The van der Waals surface area contributed by atoms with Gasteiger partial charge in [-0.15, -0.1) is 0 Å². The van der Waals surface area contributed by atoms with Crippen molar-refractivity contribution in [2.45, 2.75) is 64.7 Å². The van der Waals surface area contributed by atoms with Crippen molar-refractivity contribution in [3.05, 3.63) is 64.9 Å². The molecule has 4 aromatic rings. The number of nitrogens with one attached hydrogen (secondary N) is 1. The third-order valence-corrected chi connectivity index (χ3v) is 8.96. The highest BCUT2D eigenvalue weighted by Crippen LogP contribution is 2.33. The highest BCUT2D eigenvalue weighted by molar-refractivity contribution is 9.10. The van der Waals surface area contributed by atoms with E-state index in [1.54, 1.807) is 36.7 Å². The monoisotopic (exact) mass is 661 g/mol. The lowest BCUT2D eigenvalue weighted by molar-refractivity contribution is -0.137. The van der Waals surface area contributed by atoms with Gasteiger partial charge in [0.1, 0.15) is 40.7 Å². The predicted molar refractivity (Wildman–Crippen MR) is 167 cm³/mol. The quantitative estimate of drug-likeness (QED) is 0.198. The fourth-order valence-corrected chi connectivity index (χ4v) is 6.68. The highest BCUT2D eigenvalue weighted by Gasteiger charge is 2.40. The van der Waals surface area contributed by atoms with Crippen molar-refractivity contribution in [2.24, 2.45) is 11.8 Å². The first-order valence-corrected chi connectivity index (χ1v) is 15.6. The van der Waals surface area contributed by atoms with Crippen molar-refractivity contribution in [3.8, 4) is 11.1 Å². The van der Waals surface area contributed by atoms with Crippen LogP contribution >= 0.6 is 15.9 Å². The molecule has 1 unspecified atom stereocenters. The Morgan fingerprint density at radius 3 is 2.57 bits per heavy atom. The number of hydrogen-bond acceptors (Lipinski definition) is 7. The number of rotatable bonds is 8. The lowest BCUT2D eigenvalue weighted by Crippen LogP contribution is -2.44. The number of hydrogen-bond donors (Lipinski definition) is 1. The average molecular weight is 663 g/mol. The van der Waals surface area contributed by atoms with Gasteiger partial charge in [0.05, 0.1) is 12.1 Å². The minimum Gasteiger partial charge on any atom is -0.326 e. The number of likely N-dealkylation sites (tertiary alicyclic amines) is 1. The zero-order valence-corrected chi connectivity index (χ0v) is 26.1. The van der Waals surface area contributed by atoms with E-state index in [0.29, 0.717) is 27.2 Å². The van der Waals surface area contributed by atoms with E-state index < -0.39 is 24.0 Å². The number of aromatic nitrogens is 5. The average Bonchev–Trinajstić information content (AvgIpc) is 3.70. The summed E-state index contributed by atoms with van der Waals surface area (Å²) in [6, 6.07) is 9.57. The van der Waals surface area contributed by atoms with Gasteiger partial charge in [-0.2, -0.15) is 5.10 Å². The third-order valence-electron chi connectivity index (χ3n) is 8.52. The summed E-state index contributed by atoms with van der Waals surface area (Å²) in [5.41, 5.74) is 2.44. The lowest BCUT2D eigenvalue weighted by Gasteiger charge is -2.23. The Labute approximate surface area is 262 Å². The largest absolute Gasteiger partial charge is 0.326 e. The van der Waals surface area contributed by atoms with Gasteiger partial charge in [0.25, 0.3) is 0 Å². The Balaban J connectivity index is 1.20. The van der Waals surface area contributed by atoms with Crippen LogP contribution in [-0.2, 0) is 22.6 Å². The number of carbonyl (C=O) groups is 3. The molecule has 2 aliphatic rings. The summed E-state index contributed by atoms with van der Waals surface area (Å²) in [6.07, 6.45) is 6.71. The van der Waals surface area contributed by atoms with Gasteiger partial charge in [0.15, 0.2) is 5.78 Å². The number of carbonyl (C=O) groups excluding carboxylic acids is 3. The minimum atomic E-state index is -1.34. The van der Waals surface area contributed by atoms with Crippen LogP contribution in [-0.4, -0.2) is 66.0 Å². The van der Waals surface area contributed by atoms with Gasteiger partial charge in [-0.25, -0.2) is 19.3 Å². The second-order valence-corrected chi connectivity index (χ2v) is 12.7. The zero-order valence-electron chi connectivity index (χ0n) is 24.5. The molecule has 12 heteroatoms. The number of nitrogens with zero attached hydrogens (tertiary/aromatic N) is 6. The first-order valence-electron chi connectivity index (χ1n) is 14.8. The van der Waals surface area contributed by atoms with Crippen LogP contribution in [0.15, 0.2) is 53.4 Å². The summed E-state index contributed by atoms with van der Waals surface area (Å²) in [4.78, 5) is 53.7. The molecule has 1 aliphatic heterocycles. The maximum atomic E-state index is 14.5. The molecule has 2 fully saturated rings. The lowest BCUT2D eigenvalue weighted by atomic mass is 10.0. The van der Waals surface area contributed by atoms with Gasteiger partial charge in [-0.05, 0) is 70.4 Å². The first-order chi connectivity index (χ1) is 21.1. The van der Waals surface area contributed by atoms with Gasteiger partial charge in [0.2, 0.25) is 11.8 Å². The predicted octanol–water partition coefficient (Wildman–Crippen LogP) is 5.41. The maximum absolute atomic E-state index is 14.5. The summed E-state index contributed by atoms with van der Waals surface area (Å²) in [5, 5.41) is 7.72. The SMILES string of the molecule is CC(=O)c1nn(CC(=O)N2C[C@H](F)C[C@H]2C(=O)Nc2cccc(Br)n2)c2ccc(-c3cnc(C[C@@H]4CCC(C)C4)nc3)cc12. The first kappa shape index (κ1) is 30.0. The van der Waals surface area contributed by atoms with Crippen molar-refractivity contribution in [1.82, 2.24) is 29.6 Å². The van der Waals surface area contributed by atoms with E-state index in [-0.39, 0.29) is 31.0 Å². The molecule has 3 aromatic heterocycles. The summed E-state index contributed by atoms with van der Waals surface area (Å²) in [7, 11) is 0. The molecule has 4 atom stereocenters. The van der Waals surface area contributed by atoms with Gasteiger partial charge in [-0.3, -0.25) is 19.1 Å². The standard InChI is InChI=1S/C32H33BrFN7O3/c1-18-6-7-20(10-18)11-29-35-14-22(15-36-29)21-8-9-25-24(12-21)31(19(2)42)39-41(25)17-30(43)40-16-23(34)13-26(40)32(44)38-28-5-3-4-27(33)37-28/h3-5,8-9,12,14-15,18,20,23,26H,6-7,10-11,13,16-17H2,1-2H3,(H,37,38,44)/t18?,20-,23-,26+/m1/s1. The van der Waals surface area contributed by atoms with Crippen LogP contribution in [0.4, 0.5) is 10.2 Å². The normalized spacial score (nSPS) is 21.6. The molecule has 0 bridgehead atoms. The van der Waals surface area contributed by atoms with Crippen LogP contribution in [0.1, 0.15) is 55.8 Å². The minimum absolute atomic E-state index is 0.117. The van der Waals surface area contributed by atoms with Crippen LogP contribution in [0, 0.1) is 11.8 Å². The summed E-state index contributed by atoms with van der Waals surface area (Å²) in [5.74, 6) is 1.27. The molecule has 1 saturated carbocycles. The number of benzene rings is 1. The van der Waals surface area contributed by atoms with Crippen molar-refractivity contribution in [1.29, 1.82) is 0 Å². The smallest absolute Gasteiger partial charge is 0.248 e. The number of ketones is 1. The van der Waals surface area contributed by atoms with Gasteiger partial charge in [0, 0.05) is 43.1 Å². The van der Waals surface area contributed by atoms with Gasteiger partial charge < -0.3 is 10.2 Å². The molecule has 1 N–H and O–H groups in total. The van der Waals surface area contributed by atoms with Crippen molar-refractivity contribution in [3.63, 3.8) is 0 Å². The Morgan fingerprint density at radius 2 is 1.86 bits per heavy atom. The van der Waals surface area contributed by atoms with Gasteiger partial charge in [-0.1, -0.05) is 25.5 Å². The Morgan fingerprint density at radius 1 is 1.07 bits per heavy atom. The zero-order chi connectivity index (χ0) is 31.0. The topological polar surface area (TPSA) is 123 Å². The molecule has 10 nitrogen and oxygen atoms in total. The number of amides is 2. The van der Waals surface area contributed by atoms with E-state index in [1.165, 1.54) is 35.8 Å². The van der Waals surface area contributed by atoms with E-state index >= 15 is 0 Å². The summed E-state index contributed by atoms with van der Waals surface area (Å²) < 4.78 is 16.5. The molecule has 0 radical (unpaired) electrons. The summed E-state index contributed by atoms with van der Waals surface area (Å²) >= 11 is 3.26. The molecule has 4 heterocycles. The molecule has 2 amide bonds. The Bertz CT molecular complexity index is 1730. The number of fused-ring (bicyclic) bond motifs is 1. The number of alkyl halides is 1. The Kier molecular flexibility index (Phi) is 8.53. The van der Waals surface area contributed by atoms with E-state index in [1.807, 2.05) is 12.1 Å². The van der Waals surface area contributed by atoms with Crippen LogP contribution in [0.25, 0.3) is 22.0 Å². The number of anilines is 1. The molecule has 1 aromatic carbocycles. The summed E-state index contributed by atoms with van der Waals surface area (Å²) in [6.45, 7) is 3.25. The molecule has 1 saturated heterocycles. The van der Waals surface area contributed by atoms with E-state index in [2.05, 4.69) is 48.2 Å². The fourth-order valence-electron chi connectivity index (χ4n) is 6.33. The van der Waals surface area contributed by atoms with Crippen LogP contribution in [0.2, 0.25) is 0 Å². The second kappa shape index (κ2) is 12.5. The highest BCUT2D eigenvalue weighted by atomic mass is 79.9. The number of pyridine rings is 1. The molecular formula is C32H33BrFN7O3. The van der Waals surface area contributed by atoms with Crippen LogP contribution in [0.5, 0.6) is 0 Å². The fraction of sp³-hybridized carbons (Fsp3) is 0.406. The van der Waals surface area contributed by atoms with Crippen molar-refractivity contribution in [2.75, 3.05) is 11.9 Å². The van der Waals surface area contributed by atoms with Crippen LogP contribution < -0.4 is 5.32 Å². The molecule has 6 rings (SSSR count). The number of Topliss-reactive ketones (excluding diaryl/α,β-unsaturated/α-hetero) is 1. The van der Waals surface area contributed by atoms with Crippen LogP contribution in [0.3, 0.4) is 0 Å². The molecule has 1 aliphatic carbocycles. The number of halogens is 2. The second-order valence-electron chi connectivity index (χ2n) is 11.9. The van der Waals surface area contributed by atoms with Crippen molar-refractivity contribution >= 4 is 50.2 Å². The molecule has 0 spiro atoms. The van der Waals surface area contributed by atoms with Gasteiger partial charge >= 0.3 is 0 Å². The molecule has 228 valence electrons. The maximum Gasteiger partial charge on any atom is 0.248 e. The van der Waals surface area contributed by atoms with E-state index in [9.17, 15) is 18.8 Å². The van der Waals surface area contributed by atoms with E-state index in [4.69, 9.17) is 0 Å². The van der Waals surface area contributed by atoms with Crippen molar-refractivity contribution < 1.29 is 18.8 Å². The third kappa shape index (κ3) is 6.40. The van der Waals surface area contributed by atoms with E-state index in [0.717, 1.165) is 29.3 Å². The molecule has 44 heavy (non-hydrogen) atoms. The Hall–Kier alpha value is -4.06. The molecular weight excluding hydrogens is 629 g/mol.